The summed E-state index contributed by atoms with van der Waals surface area (Å²) in [5.74, 6) is 0.497. The smallest absolute Gasteiger partial charge is 0.227 e. The zero-order valence-corrected chi connectivity index (χ0v) is 10.2. The third kappa shape index (κ3) is 2.55. The zero-order valence-electron chi connectivity index (χ0n) is 10.2. The minimum absolute atomic E-state index is 0.177. The summed E-state index contributed by atoms with van der Waals surface area (Å²) in [7, 11) is 0. The number of morpholine rings is 1. The number of amides is 1. The molecule has 0 aromatic carbocycles. The van der Waals surface area contributed by atoms with Gasteiger partial charge in [-0.25, -0.2) is 0 Å². The molecule has 2 rings (SSSR count). The van der Waals surface area contributed by atoms with E-state index in [0.717, 1.165) is 32.5 Å². The van der Waals surface area contributed by atoms with Crippen molar-refractivity contribution in [2.24, 2.45) is 5.92 Å². The summed E-state index contributed by atoms with van der Waals surface area (Å²) in [6.45, 7) is 7.42. The molecule has 0 aliphatic carbocycles. The Kier molecular flexibility index (Phi) is 3.82. The van der Waals surface area contributed by atoms with E-state index in [9.17, 15) is 4.79 Å². The molecule has 4 heteroatoms. The second kappa shape index (κ2) is 5.15. The minimum Gasteiger partial charge on any atom is -0.375 e. The van der Waals surface area contributed by atoms with Crippen LogP contribution < -0.4 is 5.32 Å². The van der Waals surface area contributed by atoms with Crippen molar-refractivity contribution in [1.29, 1.82) is 0 Å². The van der Waals surface area contributed by atoms with Crippen molar-refractivity contribution in [2.45, 2.75) is 38.8 Å². The molecule has 2 unspecified atom stereocenters. The number of nitrogens with zero attached hydrogens (tertiary/aromatic N) is 1. The fourth-order valence-electron chi connectivity index (χ4n) is 2.51. The summed E-state index contributed by atoms with van der Waals surface area (Å²) in [6, 6.07) is 0.227. The van der Waals surface area contributed by atoms with Gasteiger partial charge in [0.2, 0.25) is 5.91 Å². The first-order chi connectivity index (χ1) is 7.68. The Bertz CT molecular complexity index is 251. The van der Waals surface area contributed by atoms with E-state index >= 15 is 0 Å². The van der Waals surface area contributed by atoms with Crippen molar-refractivity contribution >= 4 is 5.91 Å². The van der Waals surface area contributed by atoms with Crippen LogP contribution in [0.2, 0.25) is 0 Å². The summed E-state index contributed by atoms with van der Waals surface area (Å²) >= 11 is 0. The Balaban J connectivity index is 1.96. The molecule has 16 heavy (non-hydrogen) atoms. The number of piperidine rings is 1. The van der Waals surface area contributed by atoms with Gasteiger partial charge < -0.3 is 15.0 Å². The van der Waals surface area contributed by atoms with Crippen LogP contribution in [-0.4, -0.2) is 49.2 Å². The van der Waals surface area contributed by atoms with Crippen LogP contribution in [0.15, 0.2) is 0 Å². The molecule has 92 valence electrons. The average molecular weight is 226 g/mol. The van der Waals surface area contributed by atoms with E-state index in [-0.39, 0.29) is 18.1 Å². The van der Waals surface area contributed by atoms with Gasteiger partial charge in [0.1, 0.15) is 0 Å². The summed E-state index contributed by atoms with van der Waals surface area (Å²) in [4.78, 5) is 14.3. The van der Waals surface area contributed by atoms with Crippen molar-refractivity contribution < 1.29 is 9.53 Å². The van der Waals surface area contributed by atoms with E-state index in [0.29, 0.717) is 12.5 Å². The lowest BCUT2D eigenvalue weighted by Gasteiger charge is -2.39. The van der Waals surface area contributed by atoms with Crippen LogP contribution in [0.4, 0.5) is 0 Å². The predicted molar refractivity (Wildman–Crippen MR) is 62.2 cm³/mol. The first-order valence-electron chi connectivity index (χ1n) is 6.31. The number of hydrogen-bond donors (Lipinski definition) is 1. The second-order valence-corrected chi connectivity index (χ2v) is 5.03. The van der Waals surface area contributed by atoms with Crippen LogP contribution in [0, 0.1) is 5.92 Å². The summed E-state index contributed by atoms with van der Waals surface area (Å²) < 4.78 is 5.55. The molecule has 1 amide bonds. The van der Waals surface area contributed by atoms with E-state index in [1.807, 2.05) is 11.8 Å². The van der Waals surface area contributed by atoms with Crippen molar-refractivity contribution in [3.05, 3.63) is 0 Å². The number of hydrogen-bond acceptors (Lipinski definition) is 3. The molecule has 0 bridgehead atoms. The van der Waals surface area contributed by atoms with E-state index in [4.69, 9.17) is 4.74 Å². The third-order valence-corrected chi connectivity index (χ3v) is 3.54. The van der Waals surface area contributed by atoms with Crippen LogP contribution in [-0.2, 0) is 9.53 Å². The fraction of sp³-hybridized carbons (Fsp3) is 0.917. The largest absolute Gasteiger partial charge is 0.375 e. The Hall–Kier alpha value is -0.610. The van der Waals surface area contributed by atoms with Gasteiger partial charge in [-0.3, -0.25) is 4.79 Å². The molecule has 0 spiro atoms. The van der Waals surface area contributed by atoms with E-state index in [1.54, 1.807) is 0 Å². The first-order valence-corrected chi connectivity index (χ1v) is 6.31. The predicted octanol–water partition coefficient (Wildman–Crippen LogP) is 0.622. The van der Waals surface area contributed by atoms with Crippen molar-refractivity contribution in [3.8, 4) is 0 Å². The molecule has 3 atom stereocenters. The van der Waals surface area contributed by atoms with Gasteiger partial charge in [0.05, 0.1) is 24.7 Å². The van der Waals surface area contributed by atoms with Crippen molar-refractivity contribution in [1.82, 2.24) is 10.2 Å². The maximum atomic E-state index is 12.3. The normalized spacial score (nSPS) is 36.1. The van der Waals surface area contributed by atoms with Gasteiger partial charge in [0.15, 0.2) is 0 Å². The maximum absolute atomic E-state index is 12.3. The summed E-state index contributed by atoms with van der Waals surface area (Å²) in [6.07, 6.45) is 2.33. The Morgan fingerprint density at radius 1 is 1.44 bits per heavy atom. The lowest BCUT2D eigenvalue weighted by atomic mass is 9.97. The molecule has 0 aromatic rings. The molecule has 2 aliphatic rings. The topological polar surface area (TPSA) is 41.6 Å². The number of rotatable bonds is 1. The highest BCUT2D eigenvalue weighted by molar-refractivity contribution is 5.79. The standard InChI is InChI=1S/C12H22N2O2/c1-9-8-16-10(2)7-14(9)12(15)11-4-3-5-13-6-11/h9-11,13H,3-8H2,1-2H3/t9?,10?,11-/m1/s1. The van der Waals surface area contributed by atoms with E-state index in [1.165, 1.54) is 0 Å². The molecule has 1 N–H and O–H groups in total. The lowest BCUT2D eigenvalue weighted by Crippen LogP contribution is -2.53. The number of carbonyl (C=O) groups is 1. The Labute approximate surface area is 97.3 Å². The fourth-order valence-corrected chi connectivity index (χ4v) is 2.51. The molecule has 2 aliphatic heterocycles. The molecule has 0 aromatic heterocycles. The maximum Gasteiger partial charge on any atom is 0.227 e. The molecule has 0 saturated carbocycles. The molecule has 2 heterocycles. The lowest BCUT2D eigenvalue weighted by molar-refractivity contribution is -0.148. The average Bonchev–Trinajstić information content (AvgIpc) is 2.32. The molecule has 4 nitrogen and oxygen atoms in total. The monoisotopic (exact) mass is 226 g/mol. The molecule has 2 fully saturated rings. The van der Waals surface area contributed by atoms with Crippen molar-refractivity contribution in [2.75, 3.05) is 26.2 Å². The van der Waals surface area contributed by atoms with E-state index < -0.39 is 0 Å². The summed E-state index contributed by atoms with van der Waals surface area (Å²) in [5, 5.41) is 3.30. The van der Waals surface area contributed by atoms with Gasteiger partial charge in [-0.15, -0.1) is 0 Å². The van der Waals surface area contributed by atoms with Crippen LogP contribution in [0.3, 0.4) is 0 Å². The molecule has 2 saturated heterocycles. The van der Waals surface area contributed by atoms with Crippen LogP contribution in [0.5, 0.6) is 0 Å². The van der Waals surface area contributed by atoms with Gasteiger partial charge >= 0.3 is 0 Å². The first kappa shape index (κ1) is 11.9. The highest BCUT2D eigenvalue weighted by atomic mass is 16.5. The van der Waals surface area contributed by atoms with Crippen LogP contribution in [0.1, 0.15) is 26.7 Å². The quantitative estimate of drug-likeness (QED) is 0.713. The Morgan fingerprint density at radius 3 is 2.94 bits per heavy atom. The third-order valence-electron chi connectivity index (χ3n) is 3.54. The van der Waals surface area contributed by atoms with Gasteiger partial charge in [-0.05, 0) is 33.2 Å². The van der Waals surface area contributed by atoms with Crippen LogP contribution in [0.25, 0.3) is 0 Å². The Morgan fingerprint density at radius 2 is 2.25 bits per heavy atom. The van der Waals surface area contributed by atoms with Gasteiger partial charge in [-0.1, -0.05) is 0 Å². The highest BCUT2D eigenvalue weighted by Gasteiger charge is 2.32. The highest BCUT2D eigenvalue weighted by Crippen LogP contribution is 2.18. The molecule has 0 radical (unpaired) electrons. The van der Waals surface area contributed by atoms with Crippen LogP contribution >= 0.6 is 0 Å². The number of carbonyl (C=O) groups excluding carboxylic acids is 1. The van der Waals surface area contributed by atoms with E-state index in [2.05, 4.69) is 12.2 Å². The van der Waals surface area contributed by atoms with Gasteiger partial charge in [0, 0.05) is 13.1 Å². The molecular weight excluding hydrogens is 204 g/mol. The van der Waals surface area contributed by atoms with Gasteiger partial charge in [-0.2, -0.15) is 0 Å². The second-order valence-electron chi connectivity index (χ2n) is 5.03. The SMILES string of the molecule is CC1CN(C(=O)[C@@H]2CCCNC2)C(C)CO1. The van der Waals surface area contributed by atoms with Gasteiger partial charge in [0.25, 0.3) is 0 Å². The zero-order chi connectivity index (χ0) is 11.5. The number of nitrogens with one attached hydrogen (secondary N) is 1. The van der Waals surface area contributed by atoms with Crippen molar-refractivity contribution in [3.63, 3.8) is 0 Å². The molecular formula is C12H22N2O2. The summed E-state index contributed by atoms with van der Waals surface area (Å²) in [5.41, 5.74) is 0. The number of ether oxygens (including phenoxy) is 1. The minimum atomic E-state index is 0.177.